The first-order chi connectivity index (χ1) is 6.70. The number of amides is 1. The van der Waals surface area contributed by atoms with E-state index < -0.39 is 0 Å². The van der Waals surface area contributed by atoms with Crippen molar-refractivity contribution in [1.82, 2.24) is 0 Å². The molecule has 1 aromatic carbocycles. The fraction of sp³-hybridized carbons (Fsp3) is 0.100. The Morgan fingerprint density at radius 1 is 1.29 bits per heavy atom. The molecule has 4 heteroatoms. The van der Waals surface area contributed by atoms with Gasteiger partial charge in [0.05, 0.1) is 24.2 Å². The van der Waals surface area contributed by atoms with E-state index in [-0.39, 0.29) is 5.91 Å². The van der Waals surface area contributed by atoms with Crippen molar-refractivity contribution >= 4 is 17.3 Å². The molecule has 0 bridgehead atoms. The molecular formula is C10H10N2O2. The first kappa shape index (κ1) is 8.62. The van der Waals surface area contributed by atoms with E-state index in [1.807, 2.05) is 0 Å². The van der Waals surface area contributed by atoms with Crippen LogP contribution in [-0.4, -0.2) is 13.0 Å². The Bertz CT molecular complexity index is 413. The first-order valence-corrected chi connectivity index (χ1v) is 4.16. The van der Waals surface area contributed by atoms with Gasteiger partial charge in [-0.2, -0.15) is 0 Å². The molecule has 2 rings (SSSR count). The molecule has 0 unspecified atom stereocenters. The van der Waals surface area contributed by atoms with Crippen LogP contribution in [0.3, 0.4) is 0 Å². The van der Waals surface area contributed by atoms with Crippen LogP contribution in [0.15, 0.2) is 30.5 Å². The predicted molar refractivity (Wildman–Crippen MR) is 54.4 cm³/mol. The third kappa shape index (κ3) is 1.31. The topological polar surface area (TPSA) is 50.4 Å². The summed E-state index contributed by atoms with van der Waals surface area (Å²) in [6.07, 6.45) is 0. The van der Waals surface area contributed by atoms with Gasteiger partial charge in [0.15, 0.2) is 0 Å². The van der Waals surface area contributed by atoms with Gasteiger partial charge in [-0.15, -0.1) is 0 Å². The summed E-state index contributed by atoms with van der Waals surface area (Å²) in [4.78, 5) is 11.2. The Labute approximate surface area is 81.6 Å². The van der Waals surface area contributed by atoms with E-state index in [9.17, 15) is 4.79 Å². The van der Waals surface area contributed by atoms with Gasteiger partial charge in [0.25, 0.3) is 5.91 Å². The molecule has 0 saturated heterocycles. The van der Waals surface area contributed by atoms with Crippen molar-refractivity contribution in [1.29, 1.82) is 0 Å². The predicted octanol–water partition coefficient (Wildman–Crippen LogP) is 1.57. The Morgan fingerprint density at radius 2 is 2.07 bits per heavy atom. The van der Waals surface area contributed by atoms with Crippen molar-refractivity contribution in [3.63, 3.8) is 0 Å². The lowest BCUT2D eigenvalue weighted by Crippen LogP contribution is -2.24. The minimum absolute atomic E-state index is 0.206. The monoisotopic (exact) mass is 190 g/mol. The van der Waals surface area contributed by atoms with Crippen molar-refractivity contribution in [2.24, 2.45) is 0 Å². The van der Waals surface area contributed by atoms with Crippen molar-refractivity contribution < 1.29 is 9.53 Å². The summed E-state index contributed by atoms with van der Waals surface area (Å²) in [5, 5.41) is 5.60. The van der Waals surface area contributed by atoms with Crippen LogP contribution in [0.25, 0.3) is 0 Å². The van der Waals surface area contributed by atoms with Gasteiger partial charge < -0.3 is 15.4 Å². The first-order valence-electron chi connectivity index (χ1n) is 4.16. The van der Waals surface area contributed by atoms with Gasteiger partial charge in [-0.3, -0.25) is 4.79 Å². The Balaban J connectivity index is 2.42. The average Bonchev–Trinajstić information content (AvgIpc) is 2.19. The van der Waals surface area contributed by atoms with Crippen LogP contribution in [0.2, 0.25) is 0 Å². The van der Waals surface area contributed by atoms with Gasteiger partial charge in [0, 0.05) is 6.07 Å². The molecule has 4 nitrogen and oxygen atoms in total. The third-order valence-corrected chi connectivity index (χ3v) is 2.03. The number of ether oxygens (including phenoxy) is 1. The second kappa shape index (κ2) is 3.06. The van der Waals surface area contributed by atoms with E-state index in [0.29, 0.717) is 5.70 Å². The zero-order valence-electron chi connectivity index (χ0n) is 7.76. The van der Waals surface area contributed by atoms with Crippen LogP contribution in [0.4, 0.5) is 11.4 Å². The molecule has 0 aliphatic carbocycles. The number of carbonyl (C=O) groups excluding carboxylic acids is 1. The summed E-state index contributed by atoms with van der Waals surface area (Å²) in [5.41, 5.74) is 1.88. The molecule has 0 atom stereocenters. The van der Waals surface area contributed by atoms with Crippen LogP contribution < -0.4 is 15.4 Å². The van der Waals surface area contributed by atoms with Crippen LogP contribution in [0, 0.1) is 0 Å². The van der Waals surface area contributed by atoms with Crippen molar-refractivity contribution in [2.45, 2.75) is 0 Å². The molecule has 0 radical (unpaired) electrons. The summed E-state index contributed by atoms with van der Waals surface area (Å²) in [7, 11) is 1.60. The number of hydrogen-bond acceptors (Lipinski definition) is 3. The minimum atomic E-state index is -0.206. The number of rotatable bonds is 1. The summed E-state index contributed by atoms with van der Waals surface area (Å²) in [6, 6.07) is 5.38. The third-order valence-electron chi connectivity index (χ3n) is 2.03. The highest BCUT2D eigenvalue weighted by molar-refractivity contribution is 6.10. The lowest BCUT2D eigenvalue weighted by Gasteiger charge is -2.20. The zero-order chi connectivity index (χ0) is 10.1. The summed E-state index contributed by atoms with van der Waals surface area (Å²) in [5.74, 6) is 0.530. The van der Waals surface area contributed by atoms with E-state index >= 15 is 0 Å². The van der Waals surface area contributed by atoms with Crippen LogP contribution >= 0.6 is 0 Å². The molecule has 1 aliphatic heterocycles. The molecular weight excluding hydrogens is 180 g/mol. The maximum Gasteiger partial charge on any atom is 0.271 e. The lowest BCUT2D eigenvalue weighted by molar-refractivity contribution is -0.112. The van der Waals surface area contributed by atoms with E-state index in [2.05, 4.69) is 17.2 Å². The molecule has 1 aromatic rings. The number of benzene rings is 1. The molecule has 2 N–H and O–H groups in total. The molecule has 0 fully saturated rings. The van der Waals surface area contributed by atoms with E-state index in [0.717, 1.165) is 17.1 Å². The molecule has 1 aliphatic rings. The lowest BCUT2D eigenvalue weighted by atomic mass is 10.2. The quantitative estimate of drug-likeness (QED) is 0.661. The van der Waals surface area contributed by atoms with Gasteiger partial charge in [-0.1, -0.05) is 6.58 Å². The molecule has 0 spiro atoms. The largest absolute Gasteiger partial charge is 0.497 e. The smallest absolute Gasteiger partial charge is 0.271 e. The Hall–Kier alpha value is -1.97. The minimum Gasteiger partial charge on any atom is -0.497 e. The highest BCUT2D eigenvalue weighted by Gasteiger charge is 2.17. The Kier molecular flexibility index (Phi) is 1.89. The van der Waals surface area contributed by atoms with Gasteiger partial charge in [-0.05, 0) is 12.1 Å². The standard InChI is InChI=1S/C10H10N2O2/c1-6-10(13)12-8-4-3-7(14-2)5-9(8)11-6/h3-5,11H,1H2,2H3,(H,12,13). The Morgan fingerprint density at radius 3 is 2.79 bits per heavy atom. The van der Waals surface area contributed by atoms with Gasteiger partial charge in [-0.25, -0.2) is 0 Å². The fourth-order valence-corrected chi connectivity index (χ4v) is 1.28. The number of anilines is 2. The second-order valence-corrected chi connectivity index (χ2v) is 2.97. The van der Waals surface area contributed by atoms with E-state index in [4.69, 9.17) is 4.74 Å². The van der Waals surface area contributed by atoms with Gasteiger partial charge >= 0.3 is 0 Å². The molecule has 1 amide bonds. The number of carbonyl (C=O) groups is 1. The molecule has 0 aromatic heterocycles. The van der Waals surface area contributed by atoms with E-state index in [1.165, 1.54) is 0 Å². The van der Waals surface area contributed by atoms with Gasteiger partial charge in [0.1, 0.15) is 5.75 Å². The number of fused-ring (bicyclic) bond motifs is 1. The zero-order valence-corrected chi connectivity index (χ0v) is 7.76. The maximum atomic E-state index is 11.2. The SMILES string of the molecule is C=C1Nc2cc(OC)ccc2NC1=O. The number of nitrogens with one attached hydrogen (secondary N) is 2. The summed E-state index contributed by atoms with van der Waals surface area (Å²) in [6.45, 7) is 3.59. The van der Waals surface area contributed by atoms with Gasteiger partial charge in [0.2, 0.25) is 0 Å². The average molecular weight is 190 g/mol. The fourth-order valence-electron chi connectivity index (χ4n) is 1.28. The van der Waals surface area contributed by atoms with Crippen LogP contribution in [-0.2, 0) is 4.79 Å². The maximum absolute atomic E-state index is 11.2. The molecule has 14 heavy (non-hydrogen) atoms. The highest BCUT2D eigenvalue weighted by Crippen LogP contribution is 2.30. The normalized spacial score (nSPS) is 14.1. The van der Waals surface area contributed by atoms with Crippen molar-refractivity contribution in [3.05, 3.63) is 30.5 Å². The summed E-state index contributed by atoms with van der Waals surface area (Å²) >= 11 is 0. The molecule has 72 valence electrons. The molecule has 0 saturated carbocycles. The highest BCUT2D eigenvalue weighted by atomic mass is 16.5. The molecule has 1 heterocycles. The van der Waals surface area contributed by atoms with Crippen LogP contribution in [0.1, 0.15) is 0 Å². The second-order valence-electron chi connectivity index (χ2n) is 2.97. The number of hydrogen-bond donors (Lipinski definition) is 2. The van der Waals surface area contributed by atoms with Crippen LogP contribution in [0.5, 0.6) is 5.75 Å². The summed E-state index contributed by atoms with van der Waals surface area (Å²) < 4.78 is 5.06. The van der Waals surface area contributed by atoms with Crippen molar-refractivity contribution in [3.8, 4) is 5.75 Å². The van der Waals surface area contributed by atoms with E-state index in [1.54, 1.807) is 25.3 Å². The number of methoxy groups -OCH3 is 1. The van der Waals surface area contributed by atoms with Crippen molar-refractivity contribution in [2.75, 3.05) is 17.7 Å².